The highest BCUT2D eigenvalue weighted by atomic mass is 16.2. The molecule has 0 aliphatic heterocycles. The Bertz CT molecular complexity index is 875. The molecule has 1 aromatic heterocycles. The molecule has 126 valence electrons. The summed E-state index contributed by atoms with van der Waals surface area (Å²) in [6, 6.07) is 18.2. The molecular formula is C19H18N4O2. The van der Waals surface area contributed by atoms with E-state index >= 15 is 0 Å². The lowest BCUT2D eigenvalue weighted by Crippen LogP contribution is -2.31. The first-order valence-corrected chi connectivity index (χ1v) is 7.96. The van der Waals surface area contributed by atoms with E-state index in [9.17, 15) is 9.59 Å². The van der Waals surface area contributed by atoms with Gasteiger partial charge in [0.25, 0.3) is 0 Å². The summed E-state index contributed by atoms with van der Waals surface area (Å²) in [6.07, 6.45) is 1.86. The minimum atomic E-state index is -0.342. The third-order valence-electron chi connectivity index (χ3n) is 3.58. The van der Waals surface area contributed by atoms with Crippen molar-refractivity contribution < 1.29 is 9.59 Å². The van der Waals surface area contributed by atoms with Crippen molar-refractivity contribution >= 4 is 34.2 Å². The fraction of sp³-hybridized carbons (Fsp3) is 0.105. The van der Waals surface area contributed by atoms with E-state index in [0.29, 0.717) is 11.4 Å². The number of para-hydroxylation sites is 2. The molecule has 25 heavy (non-hydrogen) atoms. The van der Waals surface area contributed by atoms with Gasteiger partial charge in [0.1, 0.15) is 0 Å². The molecule has 0 fully saturated rings. The molecule has 0 aliphatic rings. The molecule has 6 nitrogen and oxygen atoms in total. The van der Waals surface area contributed by atoms with Gasteiger partial charge < -0.3 is 16.0 Å². The Kier molecular flexibility index (Phi) is 5.21. The minimum absolute atomic E-state index is 0.172. The van der Waals surface area contributed by atoms with Gasteiger partial charge in [-0.1, -0.05) is 36.4 Å². The van der Waals surface area contributed by atoms with E-state index in [-0.39, 0.29) is 24.9 Å². The fourth-order valence-electron chi connectivity index (χ4n) is 2.40. The van der Waals surface area contributed by atoms with Crippen LogP contribution >= 0.6 is 0 Å². The van der Waals surface area contributed by atoms with Crippen LogP contribution in [0.2, 0.25) is 0 Å². The molecule has 0 atom stereocenters. The third kappa shape index (κ3) is 4.54. The SMILES string of the molecule is O=C(CCNC(=O)Nc1ccccc1)Nc1cccc2cccnc12. The highest BCUT2D eigenvalue weighted by Gasteiger charge is 2.07. The number of hydrogen-bond acceptors (Lipinski definition) is 3. The molecule has 0 spiro atoms. The molecule has 0 unspecified atom stereocenters. The molecule has 3 aromatic rings. The summed E-state index contributed by atoms with van der Waals surface area (Å²) < 4.78 is 0. The third-order valence-corrected chi connectivity index (χ3v) is 3.58. The first-order chi connectivity index (χ1) is 12.2. The Morgan fingerprint density at radius 2 is 1.68 bits per heavy atom. The quantitative estimate of drug-likeness (QED) is 0.669. The van der Waals surface area contributed by atoms with Crippen LogP contribution in [0.4, 0.5) is 16.2 Å². The maximum atomic E-state index is 12.1. The second-order valence-corrected chi connectivity index (χ2v) is 5.43. The summed E-state index contributed by atoms with van der Waals surface area (Å²) in [6.45, 7) is 0.239. The van der Waals surface area contributed by atoms with Crippen molar-refractivity contribution in [2.75, 3.05) is 17.2 Å². The predicted molar refractivity (Wildman–Crippen MR) is 98.5 cm³/mol. The van der Waals surface area contributed by atoms with Gasteiger partial charge in [0.2, 0.25) is 5.91 Å². The van der Waals surface area contributed by atoms with Crippen molar-refractivity contribution in [2.24, 2.45) is 0 Å². The number of anilines is 2. The van der Waals surface area contributed by atoms with E-state index in [1.54, 1.807) is 18.3 Å². The number of fused-ring (bicyclic) bond motifs is 1. The Hall–Kier alpha value is -3.41. The van der Waals surface area contributed by atoms with Crippen LogP contribution in [0.3, 0.4) is 0 Å². The number of rotatable bonds is 5. The zero-order chi connectivity index (χ0) is 17.5. The molecule has 3 rings (SSSR count). The van der Waals surface area contributed by atoms with Crippen molar-refractivity contribution in [1.82, 2.24) is 10.3 Å². The number of urea groups is 1. The van der Waals surface area contributed by atoms with Crippen LogP contribution in [0.1, 0.15) is 6.42 Å². The molecule has 2 aromatic carbocycles. The molecule has 3 N–H and O–H groups in total. The molecular weight excluding hydrogens is 316 g/mol. The lowest BCUT2D eigenvalue weighted by molar-refractivity contribution is -0.116. The van der Waals surface area contributed by atoms with Crippen LogP contribution in [-0.2, 0) is 4.79 Å². The number of amides is 3. The zero-order valence-electron chi connectivity index (χ0n) is 13.5. The first-order valence-electron chi connectivity index (χ1n) is 7.96. The van der Waals surface area contributed by atoms with Gasteiger partial charge in [-0.25, -0.2) is 4.79 Å². The highest BCUT2D eigenvalue weighted by Crippen LogP contribution is 2.20. The van der Waals surface area contributed by atoms with E-state index in [4.69, 9.17) is 0 Å². The number of nitrogens with zero attached hydrogens (tertiary/aromatic N) is 1. The van der Waals surface area contributed by atoms with Crippen molar-refractivity contribution in [3.8, 4) is 0 Å². The monoisotopic (exact) mass is 334 g/mol. The maximum Gasteiger partial charge on any atom is 0.319 e. The van der Waals surface area contributed by atoms with E-state index in [0.717, 1.165) is 10.9 Å². The Balaban J connectivity index is 1.49. The van der Waals surface area contributed by atoms with Crippen molar-refractivity contribution in [3.05, 3.63) is 66.9 Å². The van der Waals surface area contributed by atoms with Gasteiger partial charge in [0.15, 0.2) is 0 Å². The number of benzene rings is 2. The lowest BCUT2D eigenvalue weighted by Gasteiger charge is -2.09. The summed E-state index contributed by atoms with van der Waals surface area (Å²) in [5.41, 5.74) is 2.11. The average molecular weight is 334 g/mol. The molecule has 0 bridgehead atoms. The van der Waals surface area contributed by atoms with Crippen LogP contribution < -0.4 is 16.0 Å². The largest absolute Gasteiger partial charge is 0.337 e. The standard InChI is InChI=1S/C19H18N4O2/c24-17(11-13-21-19(25)22-15-8-2-1-3-9-15)23-16-10-4-6-14-7-5-12-20-18(14)16/h1-10,12H,11,13H2,(H,23,24)(H2,21,22,25). The van der Waals surface area contributed by atoms with Gasteiger partial charge in [0.05, 0.1) is 11.2 Å². The smallest absolute Gasteiger partial charge is 0.319 e. The Morgan fingerprint density at radius 1 is 0.880 bits per heavy atom. The summed E-state index contributed by atoms with van der Waals surface area (Å²) >= 11 is 0. The number of nitrogens with one attached hydrogen (secondary N) is 3. The van der Waals surface area contributed by atoms with Gasteiger partial charge in [-0.2, -0.15) is 0 Å². The Morgan fingerprint density at radius 3 is 2.52 bits per heavy atom. The lowest BCUT2D eigenvalue weighted by atomic mass is 10.2. The summed E-state index contributed by atoms with van der Waals surface area (Å²) in [5.74, 6) is -0.182. The molecule has 0 aliphatic carbocycles. The number of carbonyl (C=O) groups is 2. The van der Waals surface area contributed by atoms with E-state index < -0.39 is 0 Å². The van der Waals surface area contributed by atoms with Crippen molar-refractivity contribution in [3.63, 3.8) is 0 Å². The molecule has 3 amide bonds. The van der Waals surface area contributed by atoms with Crippen LogP contribution in [0, 0.1) is 0 Å². The van der Waals surface area contributed by atoms with Crippen LogP contribution in [0.5, 0.6) is 0 Å². The zero-order valence-corrected chi connectivity index (χ0v) is 13.5. The van der Waals surface area contributed by atoms with Gasteiger partial charge in [-0.3, -0.25) is 9.78 Å². The van der Waals surface area contributed by atoms with E-state index in [1.165, 1.54) is 0 Å². The molecule has 1 heterocycles. The van der Waals surface area contributed by atoms with E-state index in [2.05, 4.69) is 20.9 Å². The normalized spacial score (nSPS) is 10.2. The molecule has 0 radical (unpaired) electrons. The van der Waals surface area contributed by atoms with Gasteiger partial charge in [-0.15, -0.1) is 0 Å². The average Bonchev–Trinajstić information content (AvgIpc) is 2.63. The Labute approximate surface area is 145 Å². The molecule has 0 saturated carbocycles. The van der Waals surface area contributed by atoms with Gasteiger partial charge >= 0.3 is 6.03 Å². The fourth-order valence-corrected chi connectivity index (χ4v) is 2.40. The van der Waals surface area contributed by atoms with Crippen LogP contribution in [-0.4, -0.2) is 23.5 Å². The predicted octanol–water partition coefficient (Wildman–Crippen LogP) is 3.39. The number of carbonyl (C=O) groups excluding carboxylic acids is 2. The summed E-state index contributed by atoms with van der Waals surface area (Å²) in [4.78, 5) is 28.1. The number of aromatic nitrogens is 1. The molecule has 6 heteroatoms. The molecule has 0 saturated heterocycles. The second kappa shape index (κ2) is 7.92. The van der Waals surface area contributed by atoms with Crippen LogP contribution in [0.25, 0.3) is 10.9 Å². The number of pyridine rings is 1. The summed E-state index contributed by atoms with van der Waals surface area (Å²) in [5, 5.41) is 9.15. The van der Waals surface area contributed by atoms with Crippen molar-refractivity contribution in [2.45, 2.75) is 6.42 Å². The minimum Gasteiger partial charge on any atom is -0.337 e. The first kappa shape index (κ1) is 16.4. The van der Waals surface area contributed by atoms with Crippen molar-refractivity contribution in [1.29, 1.82) is 0 Å². The topological polar surface area (TPSA) is 83.1 Å². The van der Waals surface area contributed by atoms with Gasteiger partial charge in [0, 0.05) is 30.2 Å². The summed E-state index contributed by atoms with van der Waals surface area (Å²) in [7, 11) is 0. The highest BCUT2D eigenvalue weighted by molar-refractivity contribution is 6.00. The second-order valence-electron chi connectivity index (χ2n) is 5.43. The van der Waals surface area contributed by atoms with E-state index in [1.807, 2.05) is 48.5 Å². The van der Waals surface area contributed by atoms with Crippen LogP contribution in [0.15, 0.2) is 66.9 Å². The van der Waals surface area contributed by atoms with Gasteiger partial charge in [-0.05, 0) is 24.3 Å². The maximum absolute atomic E-state index is 12.1. The number of hydrogen-bond donors (Lipinski definition) is 3.